The molecule has 0 unspecified atom stereocenters. The number of amides is 1. The highest BCUT2D eigenvalue weighted by atomic mass is 16.5. The van der Waals surface area contributed by atoms with Crippen LogP contribution < -0.4 is 10.4 Å². The zero-order chi connectivity index (χ0) is 24.5. The van der Waals surface area contributed by atoms with Crippen molar-refractivity contribution in [2.75, 3.05) is 31.1 Å². The Balaban J connectivity index is 1.31. The van der Waals surface area contributed by atoms with E-state index in [4.69, 9.17) is 5.21 Å². The lowest BCUT2D eigenvalue weighted by Gasteiger charge is -2.36. The molecule has 0 aromatic heterocycles. The molecule has 3 aromatic carbocycles. The maximum atomic E-state index is 12.7. The number of ketones is 1. The van der Waals surface area contributed by atoms with Crippen LogP contribution in [-0.2, 0) is 11.3 Å². The number of hydrogen-bond donors (Lipinski definition) is 2. The number of rotatable bonds is 8. The summed E-state index contributed by atoms with van der Waals surface area (Å²) < 4.78 is 0. The van der Waals surface area contributed by atoms with Crippen LogP contribution in [0.3, 0.4) is 0 Å². The van der Waals surface area contributed by atoms with Crippen LogP contribution >= 0.6 is 0 Å². The molecule has 0 atom stereocenters. The lowest BCUT2D eigenvalue weighted by atomic mass is 10.1. The fourth-order valence-corrected chi connectivity index (χ4v) is 4.09. The summed E-state index contributed by atoms with van der Waals surface area (Å²) >= 11 is 0. The van der Waals surface area contributed by atoms with Crippen LogP contribution in [0.5, 0.6) is 0 Å². The van der Waals surface area contributed by atoms with Gasteiger partial charge in [0.15, 0.2) is 5.78 Å². The summed E-state index contributed by atoms with van der Waals surface area (Å²) in [4.78, 5) is 28.6. The van der Waals surface area contributed by atoms with E-state index in [1.807, 2.05) is 54.6 Å². The Hall–Kier alpha value is -4.00. The number of hydroxylamine groups is 1. The van der Waals surface area contributed by atoms with Crippen molar-refractivity contribution in [2.45, 2.75) is 6.54 Å². The molecule has 1 aliphatic rings. The molecule has 6 nitrogen and oxygen atoms in total. The first-order valence-electron chi connectivity index (χ1n) is 11.7. The van der Waals surface area contributed by atoms with E-state index in [-0.39, 0.29) is 5.78 Å². The van der Waals surface area contributed by atoms with Crippen LogP contribution in [0.15, 0.2) is 91.0 Å². The van der Waals surface area contributed by atoms with Crippen molar-refractivity contribution in [1.29, 1.82) is 0 Å². The summed E-state index contributed by atoms with van der Waals surface area (Å²) in [6.45, 7) is 4.93. The normalized spacial score (nSPS) is 14.5. The highest BCUT2D eigenvalue weighted by Crippen LogP contribution is 2.19. The van der Waals surface area contributed by atoms with Gasteiger partial charge in [-0.05, 0) is 59.2 Å². The Kier molecular flexibility index (Phi) is 8.22. The number of anilines is 1. The molecule has 0 bridgehead atoms. The highest BCUT2D eigenvalue weighted by molar-refractivity contribution is 6.07. The van der Waals surface area contributed by atoms with E-state index in [0.29, 0.717) is 5.56 Å². The van der Waals surface area contributed by atoms with Gasteiger partial charge in [-0.3, -0.25) is 19.7 Å². The molecule has 4 rings (SSSR count). The zero-order valence-electron chi connectivity index (χ0n) is 19.5. The number of carbonyl (C=O) groups excluding carboxylic acids is 2. The summed E-state index contributed by atoms with van der Waals surface area (Å²) in [5.74, 6) is -0.663. The first kappa shape index (κ1) is 24.1. The smallest absolute Gasteiger partial charge is 0.267 e. The van der Waals surface area contributed by atoms with Gasteiger partial charge >= 0.3 is 0 Å². The average Bonchev–Trinajstić information content (AvgIpc) is 2.92. The lowest BCUT2D eigenvalue weighted by molar-refractivity contribution is -0.124. The van der Waals surface area contributed by atoms with Crippen LogP contribution in [0, 0.1) is 0 Å². The number of allylic oxidation sites excluding steroid dienone is 1. The maximum Gasteiger partial charge on any atom is 0.267 e. The summed E-state index contributed by atoms with van der Waals surface area (Å²) in [7, 11) is 0. The predicted octanol–water partition coefficient (Wildman–Crippen LogP) is 4.42. The Labute approximate surface area is 205 Å². The largest absolute Gasteiger partial charge is 0.369 e. The van der Waals surface area contributed by atoms with Crippen molar-refractivity contribution in [2.24, 2.45) is 0 Å². The van der Waals surface area contributed by atoms with Gasteiger partial charge in [0.2, 0.25) is 0 Å². The molecule has 1 heterocycles. The van der Waals surface area contributed by atoms with E-state index >= 15 is 0 Å². The van der Waals surface area contributed by atoms with Gasteiger partial charge < -0.3 is 4.90 Å². The second kappa shape index (κ2) is 11.9. The molecule has 1 saturated heterocycles. The summed E-state index contributed by atoms with van der Waals surface area (Å²) in [5.41, 5.74) is 6.30. The lowest BCUT2D eigenvalue weighted by Crippen LogP contribution is -2.45. The summed E-state index contributed by atoms with van der Waals surface area (Å²) in [6, 6.07) is 25.8. The Morgan fingerprint density at radius 3 is 2.11 bits per heavy atom. The van der Waals surface area contributed by atoms with Crippen LogP contribution in [0.4, 0.5) is 5.69 Å². The molecule has 0 aliphatic carbocycles. The maximum absolute atomic E-state index is 12.7. The second-order valence-electron chi connectivity index (χ2n) is 8.47. The fraction of sp³-hybridized carbons (Fsp3) is 0.172. The minimum Gasteiger partial charge on any atom is -0.369 e. The molecule has 0 radical (unpaired) electrons. The van der Waals surface area contributed by atoms with Gasteiger partial charge in [0.25, 0.3) is 5.91 Å². The van der Waals surface area contributed by atoms with E-state index in [1.54, 1.807) is 23.7 Å². The third-order valence-corrected chi connectivity index (χ3v) is 6.01. The molecule has 1 aliphatic heterocycles. The van der Waals surface area contributed by atoms with Gasteiger partial charge in [-0.2, -0.15) is 0 Å². The molecule has 35 heavy (non-hydrogen) atoms. The standard InChI is InChI=1S/C29H29N3O3/c33-28(15-9-23-7-4-8-24(21-23)10-16-29(34)30-35)26-11-13-27(14-12-26)32-19-17-31(18-20-32)22-25-5-2-1-3-6-25/h1-16,21,35H,17-20,22H2,(H,30,34). The predicted molar refractivity (Wildman–Crippen MR) is 139 cm³/mol. The van der Waals surface area contributed by atoms with Gasteiger partial charge in [-0.1, -0.05) is 54.6 Å². The molecule has 1 amide bonds. The number of carbonyl (C=O) groups is 2. The molecule has 0 saturated carbocycles. The first-order valence-corrected chi connectivity index (χ1v) is 11.7. The van der Waals surface area contributed by atoms with E-state index in [1.165, 1.54) is 11.6 Å². The van der Waals surface area contributed by atoms with Gasteiger partial charge in [-0.15, -0.1) is 0 Å². The molecule has 3 aromatic rings. The zero-order valence-corrected chi connectivity index (χ0v) is 19.5. The van der Waals surface area contributed by atoms with Crippen molar-refractivity contribution >= 4 is 29.5 Å². The monoisotopic (exact) mass is 467 g/mol. The van der Waals surface area contributed by atoms with Gasteiger partial charge in [0.1, 0.15) is 0 Å². The quantitative estimate of drug-likeness (QED) is 0.222. The Bertz CT molecular complexity index is 1200. The average molecular weight is 468 g/mol. The first-order chi connectivity index (χ1) is 17.1. The number of nitrogens with zero attached hydrogens (tertiary/aromatic N) is 2. The van der Waals surface area contributed by atoms with Crippen LogP contribution in [-0.4, -0.2) is 48.0 Å². The molecule has 6 heteroatoms. The Morgan fingerprint density at radius 2 is 1.46 bits per heavy atom. The number of benzene rings is 3. The van der Waals surface area contributed by atoms with Crippen LogP contribution in [0.1, 0.15) is 27.0 Å². The minimum atomic E-state index is -0.598. The molecule has 178 valence electrons. The third-order valence-electron chi connectivity index (χ3n) is 6.01. The summed E-state index contributed by atoms with van der Waals surface area (Å²) in [6.07, 6.45) is 6.13. The van der Waals surface area contributed by atoms with E-state index < -0.39 is 5.91 Å². The fourth-order valence-electron chi connectivity index (χ4n) is 4.09. The van der Waals surface area contributed by atoms with Crippen LogP contribution in [0.2, 0.25) is 0 Å². The summed E-state index contributed by atoms with van der Waals surface area (Å²) in [5, 5.41) is 8.57. The van der Waals surface area contributed by atoms with Gasteiger partial charge in [0, 0.05) is 50.1 Å². The molecular formula is C29H29N3O3. The van der Waals surface area contributed by atoms with Crippen molar-refractivity contribution in [1.82, 2.24) is 10.4 Å². The van der Waals surface area contributed by atoms with E-state index in [9.17, 15) is 9.59 Å². The van der Waals surface area contributed by atoms with E-state index in [2.05, 4.69) is 34.1 Å². The van der Waals surface area contributed by atoms with Crippen molar-refractivity contribution in [3.05, 3.63) is 113 Å². The highest BCUT2D eigenvalue weighted by Gasteiger charge is 2.17. The van der Waals surface area contributed by atoms with Crippen molar-refractivity contribution in [3.8, 4) is 0 Å². The van der Waals surface area contributed by atoms with Crippen LogP contribution in [0.25, 0.3) is 12.2 Å². The molecule has 1 fully saturated rings. The Morgan fingerprint density at radius 1 is 0.800 bits per heavy atom. The molecule has 2 N–H and O–H groups in total. The topological polar surface area (TPSA) is 72.9 Å². The second-order valence-corrected chi connectivity index (χ2v) is 8.47. The molecule has 0 spiro atoms. The minimum absolute atomic E-state index is 0.0650. The SMILES string of the molecule is O=C(C=Cc1cccc(C=CC(=O)c2ccc(N3CCN(Cc4ccccc4)CC3)cc2)c1)NO. The van der Waals surface area contributed by atoms with Gasteiger partial charge in [0.05, 0.1) is 0 Å². The molecular weight excluding hydrogens is 438 g/mol. The third kappa shape index (κ3) is 6.99. The number of piperazine rings is 1. The number of hydrogen-bond acceptors (Lipinski definition) is 5. The van der Waals surface area contributed by atoms with Crippen molar-refractivity contribution < 1.29 is 14.8 Å². The number of nitrogens with one attached hydrogen (secondary N) is 1. The van der Waals surface area contributed by atoms with E-state index in [0.717, 1.165) is 49.5 Å². The van der Waals surface area contributed by atoms with Crippen molar-refractivity contribution in [3.63, 3.8) is 0 Å². The van der Waals surface area contributed by atoms with Gasteiger partial charge in [-0.25, -0.2) is 5.48 Å².